The third-order valence-electron chi connectivity index (χ3n) is 1.48. The predicted molar refractivity (Wildman–Crippen MR) is 56.1 cm³/mol. The Balaban J connectivity index is 3.44. The number of halogens is 1. The highest BCUT2D eigenvalue weighted by molar-refractivity contribution is 7.97. The summed E-state index contributed by atoms with van der Waals surface area (Å²) in [4.78, 5) is 10.5. The van der Waals surface area contributed by atoms with Crippen LogP contribution in [-0.2, 0) is 10.0 Å². The van der Waals surface area contributed by atoms with Gasteiger partial charge in [0.1, 0.15) is 4.90 Å². The molecule has 4 nitrogen and oxygen atoms in total. The molecule has 0 fully saturated rings. The molecular weight excluding hydrogens is 246 g/mol. The van der Waals surface area contributed by atoms with E-state index in [9.17, 15) is 13.2 Å². The number of carbonyl (C=O) groups excluding carboxylic acids is 1. The van der Waals surface area contributed by atoms with Crippen LogP contribution in [0.1, 0.15) is 10.4 Å². The Kier molecular flexibility index (Phi) is 3.20. The summed E-state index contributed by atoms with van der Waals surface area (Å²) in [5, 5.41) is 4.31. The molecule has 14 heavy (non-hydrogen) atoms. The molecule has 7 heteroatoms. The van der Waals surface area contributed by atoms with Crippen LogP contribution < -0.4 is 5.14 Å². The Labute approximate surface area is 91.5 Å². The number of carbonyl (C=O) groups is 1. The zero-order valence-electron chi connectivity index (χ0n) is 6.77. The molecule has 0 atom stereocenters. The lowest BCUT2D eigenvalue weighted by atomic mass is 10.2. The van der Waals surface area contributed by atoms with Crippen LogP contribution >= 0.6 is 24.2 Å². The highest BCUT2D eigenvalue weighted by atomic mass is 35.5. The fourth-order valence-corrected chi connectivity index (χ4v) is 2.06. The maximum Gasteiger partial charge on any atom is 0.239 e. The highest BCUT2D eigenvalue weighted by Crippen LogP contribution is 2.21. The second-order valence-corrected chi connectivity index (χ2v) is 4.84. The Hall–Kier alpha value is -0.560. The fraction of sp³-hybridized carbons (Fsp3) is 0. The van der Waals surface area contributed by atoms with Gasteiger partial charge in [0.2, 0.25) is 15.1 Å². The topological polar surface area (TPSA) is 77.2 Å². The minimum Gasteiger partial charge on any atom is -0.282 e. The lowest BCUT2D eigenvalue weighted by Gasteiger charge is -2.02. The smallest absolute Gasteiger partial charge is 0.239 e. The van der Waals surface area contributed by atoms with E-state index in [0.29, 0.717) is 0 Å². The number of thiol groups is 1. The molecule has 0 bridgehead atoms. The lowest BCUT2D eigenvalue weighted by molar-refractivity contribution is 0.109. The van der Waals surface area contributed by atoms with E-state index in [1.165, 1.54) is 12.1 Å². The zero-order valence-corrected chi connectivity index (χ0v) is 9.23. The number of sulfonamides is 1. The summed E-state index contributed by atoms with van der Waals surface area (Å²) in [5.41, 5.74) is 0.127. The van der Waals surface area contributed by atoms with E-state index >= 15 is 0 Å². The highest BCUT2D eigenvalue weighted by Gasteiger charge is 2.14. The summed E-state index contributed by atoms with van der Waals surface area (Å²) in [7, 11) is -3.91. The standard InChI is InChI=1S/C7H6ClNO3S2/c8-5-2-1-4(7(10)13)3-6(5)14(9,11)12/h1-3H,(H,10,13)(H2,9,11,12). The summed E-state index contributed by atoms with van der Waals surface area (Å²) in [6.45, 7) is 0. The lowest BCUT2D eigenvalue weighted by Crippen LogP contribution is -2.13. The van der Waals surface area contributed by atoms with Crippen LogP contribution in [0, 0.1) is 0 Å². The van der Waals surface area contributed by atoms with Crippen LogP contribution in [-0.4, -0.2) is 13.5 Å². The first-order valence-electron chi connectivity index (χ1n) is 3.38. The molecule has 0 amide bonds. The molecule has 0 heterocycles. The minimum absolute atomic E-state index is 0.0224. The van der Waals surface area contributed by atoms with Crippen molar-refractivity contribution >= 4 is 39.4 Å². The van der Waals surface area contributed by atoms with Crippen molar-refractivity contribution in [1.82, 2.24) is 0 Å². The first-order chi connectivity index (χ1) is 6.32. The number of nitrogens with two attached hydrogens (primary N) is 1. The van der Waals surface area contributed by atoms with Crippen LogP contribution in [0.25, 0.3) is 0 Å². The van der Waals surface area contributed by atoms with Crippen molar-refractivity contribution in [3.8, 4) is 0 Å². The number of rotatable bonds is 2. The zero-order chi connectivity index (χ0) is 10.9. The van der Waals surface area contributed by atoms with Gasteiger partial charge in [0.05, 0.1) is 5.02 Å². The Morgan fingerprint density at radius 3 is 2.43 bits per heavy atom. The average Bonchev–Trinajstić information content (AvgIpc) is 2.02. The molecule has 1 rings (SSSR count). The first-order valence-corrected chi connectivity index (χ1v) is 5.75. The molecule has 0 aromatic heterocycles. The third-order valence-corrected chi connectivity index (χ3v) is 3.14. The molecule has 1 aromatic rings. The maximum atomic E-state index is 11.0. The molecule has 2 N–H and O–H groups in total. The van der Waals surface area contributed by atoms with Gasteiger partial charge in [0.15, 0.2) is 0 Å². The SMILES string of the molecule is NS(=O)(=O)c1cc(C(=O)S)ccc1Cl. The van der Waals surface area contributed by atoms with E-state index in [2.05, 4.69) is 12.6 Å². The maximum absolute atomic E-state index is 11.0. The van der Waals surface area contributed by atoms with Crippen LogP contribution in [0.15, 0.2) is 23.1 Å². The van der Waals surface area contributed by atoms with Crippen LogP contribution in [0.2, 0.25) is 5.02 Å². The van der Waals surface area contributed by atoms with Crippen molar-refractivity contribution in [2.24, 2.45) is 5.14 Å². The number of hydrogen-bond donors (Lipinski definition) is 2. The van der Waals surface area contributed by atoms with Gasteiger partial charge in [-0.25, -0.2) is 13.6 Å². The van der Waals surface area contributed by atoms with E-state index in [4.69, 9.17) is 16.7 Å². The summed E-state index contributed by atoms with van der Waals surface area (Å²) in [6.07, 6.45) is 0. The van der Waals surface area contributed by atoms with Gasteiger partial charge in [-0.2, -0.15) is 0 Å². The van der Waals surface area contributed by atoms with Crippen molar-refractivity contribution in [2.75, 3.05) is 0 Å². The van der Waals surface area contributed by atoms with E-state index in [1.54, 1.807) is 0 Å². The number of benzene rings is 1. The summed E-state index contributed by atoms with van der Waals surface area (Å²) in [5.74, 6) is 0. The summed E-state index contributed by atoms with van der Waals surface area (Å²) in [6, 6.07) is 3.74. The van der Waals surface area contributed by atoms with Gasteiger partial charge in [-0.3, -0.25) is 4.79 Å². The monoisotopic (exact) mass is 251 g/mol. The van der Waals surface area contributed by atoms with Crippen molar-refractivity contribution < 1.29 is 13.2 Å². The van der Waals surface area contributed by atoms with Gasteiger partial charge < -0.3 is 0 Å². The van der Waals surface area contributed by atoms with E-state index in [0.717, 1.165) is 6.07 Å². The van der Waals surface area contributed by atoms with Gasteiger partial charge in [-0.05, 0) is 18.2 Å². The normalized spacial score (nSPS) is 11.4. The van der Waals surface area contributed by atoms with Gasteiger partial charge in [0, 0.05) is 5.56 Å². The van der Waals surface area contributed by atoms with Gasteiger partial charge >= 0.3 is 0 Å². The molecular formula is C7H6ClNO3S2. The summed E-state index contributed by atoms with van der Waals surface area (Å²) < 4.78 is 22.0. The predicted octanol–water partition coefficient (Wildman–Crippen LogP) is 1.06. The molecule has 0 aliphatic carbocycles. The van der Waals surface area contributed by atoms with E-state index in [-0.39, 0.29) is 15.5 Å². The fourth-order valence-electron chi connectivity index (χ4n) is 0.854. The number of primary sulfonamides is 1. The van der Waals surface area contributed by atoms with Crippen molar-refractivity contribution in [3.63, 3.8) is 0 Å². The Morgan fingerprint density at radius 1 is 1.43 bits per heavy atom. The van der Waals surface area contributed by atoms with Gasteiger partial charge in [-0.1, -0.05) is 11.6 Å². The third kappa shape index (κ3) is 2.48. The Morgan fingerprint density at radius 2 is 2.00 bits per heavy atom. The van der Waals surface area contributed by atoms with Gasteiger partial charge in [-0.15, -0.1) is 12.6 Å². The largest absolute Gasteiger partial charge is 0.282 e. The van der Waals surface area contributed by atoms with Gasteiger partial charge in [0.25, 0.3) is 0 Å². The molecule has 0 saturated heterocycles. The van der Waals surface area contributed by atoms with E-state index < -0.39 is 15.1 Å². The molecule has 1 aromatic carbocycles. The quantitative estimate of drug-likeness (QED) is 0.772. The molecule has 0 unspecified atom stereocenters. The van der Waals surface area contributed by atoms with Crippen molar-refractivity contribution in [2.45, 2.75) is 4.90 Å². The molecule has 0 radical (unpaired) electrons. The molecule has 0 aliphatic rings. The second kappa shape index (κ2) is 3.90. The van der Waals surface area contributed by atoms with Crippen LogP contribution in [0.3, 0.4) is 0 Å². The number of hydrogen-bond acceptors (Lipinski definition) is 3. The van der Waals surface area contributed by atoms with Crippen molar-refractivity contribution in [1.29, 1.82) is 0 Å². The van der Waals surface area contributed by atoms with Crippen LogP contribution in [0.5, 0.6) is 0 Å². The van der Waals surface area contributed by atoms with Crippen molar-refractivity contribution in [3.05, 3.63) is 28.8 Å². The minimum atomic E-state index is -3.91. The van der Waals surface area contributed by atoms with E-state index in [1.807, 2.05) is 0 Å². The average molecular weight is 252 g/mol. The molecule has 76 valence electrons. The molecule has 0 spiro atoms. The second-order valence-electron chi connectivity index (χ2n) is 2.50. The first kappa shape index (κ1) is 11.5. The molecule has 0 saturated carbocycles. The van der Waals surface area contributed by atoms with Crippen LogP contribution in [0.4, 0.5) is 0 Å². The summed E-state index contributed by atoms with van der Waals surface area (Å²) >= 11 is 9.14. The molecule has 0 aliphatic heterocycles. The Bertz CT molecular complexity index is 484.